The maximum absolute atomic E-state index is 13.2. The van der Waals surface area contributed by atoms with E-state index in [2.05, 4.69) is 51.8 Å². The molecule has 0 radical (unpaired) electrons. The van der Waals surface area contributed by atoms with Crippen LogP contribution in [0.2, 0.25) is 0 Å². The maximum atomic E-state index is 13.2. The Bertz CT molecular complexity index is 531. The second-order valence-electron chi connectivity index (χ2n) is 8.08. The first-order valence-corrected chi connectivity index (χ1v) is 10.4. The summed E-state index contributed by atoms with van der Waals surface area (Å²) in [6, 6.07) is 3.63. The lowest BCUT2D eigenvalue weighted by Crippen LogP contribution is -2.47. The standard InChI is InChI=1S/C22H38N2O3/c1-7-9-13-26-20-11-10-19(16-23-20)24-21(25)22(14-17(3)4,15-18(5)6)27-12-8-2/h10-11,16-18H,7-9,12-15H2,1-6H3,(H,24,25). The number of hydrogen-bond acceptors (Lipinski definition) is 4. The molecule has 5 heteroatoms. The number of hydrogen-bond donors (Lipinski definition) is 1. The molecule has 1 rings (SSSR count). The van der Waals surface area contributed by atoms with E-state index in [1.165, 1.54) is 0 Å². The number of carbonyl (C=O) groups is 1. The largest absolute Gasteiger partial charge is 0.478 e. The highest BCUT2D eigenvalue weighted by atomic mass is 16.5. The number of amides is 1. The fourth-order valence-electron chi connectivity index (χ4n) is 3.17. The number of aromatic nitrogens is 1. The van der Waals surface area contributed by atoms with Gasteiger partial charge in [0.05, 0.1) is 18.5 Å². The summed E-state index contributed by atoms with van der Waals surface area (Å²) >= 11 is 0. The van der Waals surface area contributed by atoms with Gasteiger partial charge in [0.15, 0.2) is 0 Å². The topological polar surface area (TPSA) is 60.5 Å². The smallest absolute Gasteiger partial charge is 0.256 e. The monoisotopic (exact) mass is 378 g/mol. The second kappa shape index (κ2) is 12.0. The molecule has 0 saturated heterocycles. The molecule has 1 aromatic heterocycles. The van der Waals surface area contributed by atoms with Gasteiger partial charge in [-0.2, -0.15) is 0 Å². The molecule has 5 nitrogen and oxygen atoms in total. The summed E-state index contributed by atoms with van der Waals surface area (Å²) in [5, 5.41) is 3.01. The van der Waals surface area contributed by atoms with E-state index in [1.54, 1.807) is 12.3 Å². The maximum Gasteiger partial charge on any atom is 0.256 e. The average molecular weight is 379 g/mol. The predicted octanol–water partition coefficient (Wildman–Crippen LogP) is 5.46. The first kappa shape index (κ1) is 23.4. The Morgan fingerprint density at radius 2 is 1.74 bits per heavy atom. The SMILES string of the molecule is CCCCOc1ccc(NC(=O)C(CC(C)C)(CC(C)C)OCCC)cn1. The highest BCUT2D eigenvalue weighted by Gasteiger charge is 2.40. The Morgan fingerprint density at radius 1 is 1.07 bits per heavy atom. The van der Waals surface area contributed by atoms with Crippen molar-refractivity contribution in [1.82, 2.24) is 4.98 Å². The number of ether oxygens (including phenoxy) is 2. The Morgan fingerprint density at radius 3 is 2.22 bits per heavy atom. The molecule has 1 heterocycles. The Balaban J connectivity index is 2.90. The van der Waals surface area contributed by atoms with Gasteiger partial charge in [0, 0.05) is 12.7 Å². The molecule has 0 unspecified atom stereocenters. The first-order chi connectivity index (χ1) is 12.8. The molecule has 1 N–H and O–H groups in total. The van der Waals surface area contributed by atoms with Gasteiger partial charge in [-0.3, -0.25) is 4.79 Å². The van der Waals surface area contributed by atoms with E-state index in [0.717, 1.165) is 19.3 Å². The zero-order valence-electron chi connectivity index (χ0n) is 18.0. The molecule has 0 fully saturated rings. The molecular formula is C22H38N2O3. The lowest BCUT2D eigenvalue weighted by atomic mass is 9.83. The average Bonchev–Trinajstić information content (AvgIpc) is 2.60. The van der Waals surface area contributed by atoms with Crippen LogP contribution in [0, 0.1) is 11.8 Å². The predicted molar refractivity (Wildman–Crippen MR) is 111 cm³/mol. The van der Waals surface area contributed by atoms with Gasteiger partial charge in [-0.25, -0.2) is 4.98 Å². The highest BCUT2D eigenvalue weighted by molar-refractivity contribution is 5.97. The van der Waals surface area contributed by atoms with Gasteiger partial charge in [0.2, 0.25) is 5.88 Å². The van der Waals surface area contributed by atoms with Crippen molar-refractivity contribution >= 4 is 11.6 Å². The van der Waals surface area contributed by atoms with Crippen molar-refractivity contribution in [2.75, 3.05) is 18.5 Å². The fourth-order valence-corrected chi connectivity index (χ4v) is 3.17. The van der Waals surface area contributed by atoms with Crippen LogP contribution in [0.15, 0.2) is 18.3 Å². The number of anilines is 1. The van der Waals surface area contributed by atoms with Crippen molar-refractivity contribution in [2.45, 2.75) is 79.2 Å². The first-order valence-electron chi connectivity index (χ1n) is 10.4. The third kappa shape index (κ3) is 8.29. The summed E-state index contributed by atoms with van der Waals surface area (Å²) in [5.74, 6) is 1.22. The molecule has 154 valence electrons. The van der Waals surface area contributed by atoms with Crippen molar-refractivity contribution in [2.24, 2.45) is 11.8 Å². The van der Waals surface area contributed by atoms with E-state index < -0.39 is 5.60 Å². The van der Waals surface area contributed by atoms with Gasteiger partial charge in [-0.15, -0.1) is 0 Å². The van der Waals surface area contributed by atoms with Crippen molar-refractivity contribution in [3.8, 4) is 5.88 Å². The summed E-state index contributed by atoms with van der Waals surface area (Å²) in [7, 11) is 0. The molecule has 0 aliphatic rings. The molecule has 0 aliphatic carbocycles. The quantitative estimate of drug-likeness (QED) is 0.463. The van der Waals surface area contributed by atoms with Crippen LogP contribution in [0.3, 0.4) is 0 Å². The number of nitrogens with zero attached hydrogens (tertiary/aromatic N) is 1. The van der Waals surface area contributed by atoms with E-state index in [0.29, 0.717) is 49.5 Å². The summed E-state index contributed by atoms with van der Waals surface area (Å²) in [6.07, 6.45) is 6.01. The van der Waals surface area contributed by atoms with E-state index >= 15 is 0 Å². The van der Waals surface area contributed by atoms with Crippen LogP contribution in [-0.4, -0.2) is 29.7 Å². The fraction of sp³-hybridized carbons (Fsp3) is 0.727. The molecular weight excluding hydrogens is 340 g/mol. The minimum absolute atomic E-state index is 0.0835. The summed E-state index contributed by atoms with van der Waals surface area (Å²) in [5.41, 5.74) is -0.144. The van der Waals surface area contributed by atoms with Crippen LogP contribution in [0.1, 0.15) is 73.6 Å². The van der Waals surface area contributed by atoms with E-state index in [9.17, 15) is 4.79 Å². The molecule has 0 aromatic carbocycles. The molecule has 0 atom stereocenters. The van der Waals surface area contributed by atoms with E-state index in [1.807, 2.05) is 6.07 Å². The minimum Gasteiger partial charge on any atom is -0.478 e. The van der Waals surface area contributed by atoms with Crippen LogP contribution in [0.4, 0.5) is 5.69 Å². The van der Waals surface area contributed by atoms with Gasteiger partial charge < -0.3 is 14.8 Å². The van der Waals surface area contributed by atoms with Gasteiger partial charge in [0.25, 0.3) is 5.91 Å². The van der Waals surface area contributed by atoms with E-state index in [4.69, 9.17) is 9.47 Å². The molecule has 1 amide bonds. The number of pyridine rings is 1. The van der Waals surface area contributed by atoms with Crippen LogP contribution in [0.5, 0.6) is 5.88 Å². The summed E-state index contributed by atoms with van der Waals surface area (Å²) in [4.78, 5) is 17.5. The number of unbranched alkanes of at least 4 members (excludes halogenated alkanes) is 1. The molecule has 27 heavy (non-hydrogen) atoms. The number of nitrogens with one attached hydrogen (secondary N) is 1. The van der Waals surface area contributed by atoms with Gasteiger partial charge in [-0.1, -0.05) is 48.0 Å². The van der Waals surface area contributed by atoms with Crippen LogP contribution < -0.4 is 10.1 Å². The molecule has 0 saturated carbocycles. The normalized spacial score (nSPS) is 11.9. The number of carbonyl (C=O) groups excluding carboxylic acids is 1. The lowest BCUT2D eigenvalue weighted by molar-refractivity contribution is -0.147. The van der Waals surface area contributed by atoms with Gasteiger partial charge >= 0.3 is 0 Å². The lowest BCUT2D eigenvalue weighted by Gasteiger charge is -2.35. The van der Waals surface area contributed by atoms with Crippen LogP contribution >= 0.6 is 0 Å². The Hall–Kier alpha value is -1.62. The van der Waals surface area contributed by atoms with Crippen molar-refractivity contribution in [3.05, 3.63) is 18.3 Å². The minimum atomic E-state index is -0.811. The third-order valence-electron chi connectivity index (χ3n) is 4.21. The zero-order chi connectivity index (χ0) is 20.3. The second-order valence-corrected chi connectivity index (χ2v) is 8.08. The van der Waals surface area contributed by atoms with Crippen LogP contribution in [0.25, 0.3) is 0 Å². The molecule has 0 spiro atoms. The highest BCUT2D eigenvalue weighted by Crippen LogP contribution is 2.31. The molecule has 0 aliphatic heterocycles. The third-order valence-corrected chi connectivity index (χ3v) is 4.21. The van der Waals surface area contributed by atoms with E-state index in [-0.39, 0.29) is 5.91 Å². The van der Waals surface area contributed by atoms with Crippen LogP contribution in [-0.2, 0) is 9.53 Å². The Kier molecular flexibility index (Phi) is 10.4. The summed E-state index contributed by atoms with van der Waals surface area (Å²) < 4.78 is 11.8. The number of rotatable bonds is 13. The van der Waals surface area contributed by atoms with Crippen molar-refractivity contribution in [3.63, 3.8) is 0 Å². The van der Waals surface area contributed by atoms with Crippen molar-refractivity contribution in [1.29, 1.82) is 0 Å². The molecule has 1 aromatic rings. The Labute approximate surface area is 165 Å². The zero-order valence-corrected chi connectivity index (χ0v) is 18.0. The summed E-state index contributed by atoms with van der Waals surface area (Å²) in [6.45, 7) is 13.9. The van der Waals surface area contributed by atoms with Gasteiger partial charge in [-0.05, 0) is 43.6 Å². The molecule has 0 bridgehead atoms. The van der Waals surface area contributed by atoms with Gasteiger partial charge in [0.1, 0.15) is 5.60 Å². The van der Waals surface area contributed by atoms with Crippen molar-refractivity contribution < 1.29 is 14.3 Å².